The van der Waals surface area contributed by atoms with E-state index in [1.165, 1.54) is 5.56 Å². The minimum absolute atomic E-state index is 0.200. The molecular formula is C20H27N3O3. The van der Waals surface area contributed by atoms with E-state index in [1.807, 2.05) is 11.0 Å². The number of piperidine rings is 1. The van der Waals surface area contributed by atoms with E-state index in [1.54, 1.807) is 11.9 Å². The van der Waals surface area contributed by atoms with Gasteiger partial charge in [-0.2, -0.15) is 0 Å². The van der Waals surface area contributed by atoms with Crippen LogP contribution in [0.5, 0.6) is 0 Å². The monoisotopic (exact) mass is 357 g/mol. The summed E-state index contributed by atoms with van der Waals surface area (Å²) in [4.78, 5) is 30.2. The first-order valence-corrected chi connectivity index (χ1v) is 9.54. The van der Waals surface area contributed by atoms with Crippen LogP contribution < -0.4 is 0 Å². The number of carbonyl (C=O) groups excluding carboxylic acids is 2. The Morgan fingerprint density at radius 3 is 2.58 bits per heavy atom. The van der Waals surface area contributed by atoms with E-state index in [9.17, 15) is 9.59 Å². The standard InChI is InChI=1S/C20H27N3O3/c1-21-15-20(26-19(21)25)8-11-23(12-9-20)18(24)14-22-10-7-17(13-22)16-5-3-2-4-6-16/h2-6,17H,7-15H2,1H3/t17-/m1/s1. The lowest BCUT2D eigenvalue weighted by Gasteiger charge is -2.37. The molecule has 0 aliphatic carbocycles. The van der Waals surface area contributed by atoms with Crippen LogP contribution in [-0.2, 0) is 9.53 Å². The van der Waals surface area contributed by atoms with Gasteiger partial charge in [-0.15, -0.1) is 0 Å². The van der Waals surface area contributed by atoms with Gasteiger partial charge in [0.25, 0.3) is 0 Å². The van der Waals surface area contributed by atoms with Gasteiger partial charge in [0.1, 0.15) is 5.60 Å². The molecule has 3 saturated heterocycles. The van der Waals surface area contributed by atoms with Crippen molar-refractivity contribution in [1.82, 2.24) is 14.7 Å². The molecular weight excluding hydrogens is 330 g/mol. The summed E-state index contributed by atoms with van der Waals surface area (Å²) in [5.41, 5.74) is 0.990. The third-order valence-electron chi connectivity index (χ3n) is 6.07. The number of rotatable bonds is 3. The Hall–Kier alpha value is -2.08. The third-order valence-corrected chi connectivity index (χ3v) is 6.07. The van der Waals surface area contributed by atoms with Crippen molar-refractivity contribution in [3.8, 4) is 0 Å². The molecule has 2 amide bonds. The topological polar surface area (TPSA) is 53.1 Å². The summed E-state index contributed by atoms with van der Waals surface area (Å²) in [5.74, 6) is 0.730. The summed E-state index contributed by atoms with van der Waals surface area (Å²) in [7, 11) is 1.77. The summed E-state index contributed by atoms with van der Waals surface area (Å²) in [6, 6.07) is 10.6. The maximum Gasteiger partial charge on any atom is 0.410 e. The van der Waals surface area contributed by atoms with Crippen molar-refractivity contribution < 1.29 is 14.3 Å². The van der Waals surface area contributed by atoms with Gasteiger partial charge in [0.15, 0.2) is 0 Å². The van der Waals surface area contributed by atoms with Crippen molar-refractivity contribution in [3.05, 3.63) is 35.9 Å². The Labute approximate surface area is 154 Å². The normalized spacial score (nSPS) is 25.7. The fourth-order valence-electron chi connectivity index (χ4n) is 4.48. The predicted octanol–water partition coefficient (Wildman–Crippen LogP) is 1.92. The number of nitrogens with zero attached hydrogens (tertiary/aromatic N) is 3. The summed E-state index contributed by atoms with van der Waals surface area (Å²) in [5, 5.41) is 0. The number of hydrogen-bond donors (Lipinski definition) is 0. The predicted molar refractivity (Wildman–Crippen MR) is 97.9 cm³/mol. The molecule has 1 aromatic carbocycles. The highest BCUT2D eigenvalue weighted by Gasteiger charge is 2.46. The van der Waals surface area contributed by atoms with Gasteiger partial charge in [0.2, 0.25) is 5.91 Å². The van der Waals surface area contributed by atoms with E-state index in [4.69, 9.17) is 4.74 Å². The molecule has 3 aliphatic rings. The molecule has 140 valence electrons. The molecule has 0 bridgehead atoms. The molecule has 0 radical (unpaired) electrons. The lowest BCUT2D eigenvalue weighted by atomic mass is 9.91. The molecule has 1 spiro atoms. The minimum Gasteiger partial charge on any atom is -0.441 e. The molecule has 6 heteroatoms. The maximum atomic E-state index is 12.7. The molecule has 26 heavy (non-hydrogen) atoms. The Bertz CT molecular complexity index is 670. The van der Waals surface area contributed by atoms with E-state index < -0.39 is 0 Å². The molecule has 0 aromatic heterocycles. The first kappa shape index (κ1) is 17.3. The van der Waals surface area contributed by atoms with Gasteiger partial charge in [-0.05, 0) is 24.4 Å². The first-order chi connectivity index (χ1) is 12.5. The smallest absolute Gasteiger partial charge is 0.410 e. The van der Waals surface area contributed by atoms with Gasteiger partial charge in [0, 0.05) is 39.5 Å². The van der Waals surface area contributed by atoms with Gasteiger partial charge >= 0.3 is 6.09 Å². The minimum atomic E-state index is -0.380. The van der Waals surface area contributed by atoms with Crippen LogP contribution in [-0.4, -0.2) is 78.6 Å². The van der Waals surface area contributed by atoms with Crippen LogP contribution >= 0.6 is 0 Å². The zero-order chi connectivity index (χ0) is 18.1. The van der Waals surface area contributed by atoms with Crippen molar-refractivity contribution in [1.29, 1.82) is 0 Å². The average Bonchev–Trinajstić information content (AvgIpc) is 3.21. The number of benzene rings is 1. The number of ether oxygens (including phenoxy) is 1. The number of likely N-dealkylation sites (N-methyl/N-ethyl adjacent to an activating group) is 1. The average molecular weight is 357 g/mol. The highest BCUT2D eigenvalue weighted by molar-refractivity contribution is 5.78. The van der Waals surface area contributed by atoms with E-state index >= 15 is 0 Å². The summed E-state index contributed by atoms with van der Waals surface area (Å²) >= 11 is 0. The van der Waals surface area contributed by atoms with Crippen LogP contribution in [0.3, 0.4) is 0 Å². The fourth-order valence-corrected chi connectivity index (χ4v) is 4.48. The summed E-state index contributed by atoms with van der Waals surface area (Å²) < 4.78 is 5.57. The largest absolute Gasteiger partial charge is 0.441 e. The zero-order valence-electron chi connectivity index (χ0n) is 15.4. The second-order valence-electron chi connectivity index (χ2n) is 7.92. The van der Waals surface area contributed by atoms with Crippen LogP contribution in [0.25, 0.3) is 0 Å². The maximum absolute atomic E-state index is 12.7. The third kappa shape index (κ3) is 3.43. The van der Waals surface area contributed by atoms with Gasteiger partial charge in [-0.3, -0.25) is 9.69 Å². The Morgan fingerprint density at radius 2 is 1.92 bits per heavy atom. The Balaban J connectivity index is 1.27. The number of carbonyl (C=O) groups is 2. The Kier molecular flexibility index (Phi) is 4.61. The molecule has 0 unspecified atom stereocenters. The molecule has 0 saturated carbocycles. The number of likely N-dealkylation sites (tertiary alicyclic amines) is 2. The van der Waals surface area contributed by atoms with Crippen LogP contribution in [0.2, 0.25) is 0 Å². The molecule has 3 aliphatic heterocycles. The van der Waals surface area contributed by atoms with Crippen molar-refractivity contribution in [2.45, 2.75) is 30.8 Å². The Morgan fingerprint density at radius 1 is 1.19 bits per heavy atom. The van der Waals surface area contributed by atoms with E-state index in [-0.39, 0.29) is 17.6 Å². The molecule has 0 N–H and O–H groups in total. The number of amides is 2. The fraction of sp³-hybridized carbons (Fsp3) is 0.600. The van der Waals surface area contributed by atoms with Crippen LogP contribution in [0, 0.1) is 0 Å². The first-order valence-electron chi connectivity index (χ1n) is 9.54. The van der Waals surface area contributed by atoms with Crippen molar-refractivity contribution >= 4 is 12.0 Å². The highest BCUT2D eigenvalue weighted by Crippen LogP contribution is 2.33. The van der Waals surface area contributed by atoms with E-state index in [0.717, 1.165) is 32.4 Å². The zero-order valence-corrected chi connectivity index (χ0v) is 15.4. The lowest BCUT2D eigenvalue weighted by Crippen LogP contribution is -2.50. The van der Waals surface area contributed by atoms with Crippen molar-refractivity contribution in [3.63, 3.8) is 0 Å². The van der Waals surface area contributed by atoms with E-state index in [2.05, 4.69) is 29.2 Å². The highest BCUT2D eigenvalue weighted by atomic mass is 16.6. The van der Waals surface area contributed by atoms with Crippen molar-refractivity contribution in [2.24, 2.45) is 0 Å². The van der Waals surface area contributed by atoms with E-state index in [0.29, 0.717) is 32.1 Å². The summed E-state index contributed by atoms with van der Waals surface area (Å²) in [6.45, 7) is 4.42. The quantitative estimate of drug-likeness (QED) is 0.829. The molecule has 6 nitrogen and oxygen atoms in total. The van der Waals surface area contributed by atoms with Gasteiger partial charge in [0.05, 0.1) is 13.1 Å². The second kappa shape index (κ2) is 6.91. The molecule has 1 atom stereocenters. The van der Waals surface area contributed by atoms with Crippen LogP contribution in [0.15, 0.2) is 30.3 Å². The lowest BCUT2D eigenvalue weighted by molar-refractivity contribution is -0.135. The number of hydrogen-bond acceptors (Lipinski definition) is 4. The van der Waals surface area contributed by atoms with Gasteiger partial charge in [-0.1, -0.05) is 30.3 Å². The second-order valence-corrected chi connectivity index (χ2v) is 7.92. The van der Waals surface area contributed by atoms with Crippen LogP contribution in [0.1, 0.15) is 30.7 Å². The van der Waals surface area contributed by atoms with Crippen LogP contribution in [0.4, 0.5) is 4.79 Å². The molecule has 4 rings (SSSR count). The SMILES string of the molecule is CN1CC2(CCN(C(=O)CN3CC[C@@H](c4ccccc4)C3)CC2)OC1=O. The molecule has 1 aromatic rings. The molecule has 3 fully saturated rings. The molecule has 3 heterocycles. The van der Waals surface area contributed by atoms with Gasteiger partial charge < -0.3 is 14.5 Å². The van der Waals surface area contributed by atoms with Crippen molar-refractivity contribution in [2.75, 3.05) is 46.3 Å². The van der Waals surface area contributed by atoms with Gasteiger partial charge in [-0.25, -0.2) is 4.79 Å². The summed E-state index contributed by atoms with van der Waals surface area (Å²) in [6.07, 6.45) is 2.35.